The Bertz CT molecular complexity index is 874. The predicted octanol–water partition coefficient (Wildman–Crippen LogP) is 1.11. The average molecular weight is 327 g/mol. The lowest BCUT2D eigenvalue weighted by atomic mass is 10.2. The quantitative estimate of drug-likeness (QED) is 0.775. The van der Waals surface area contributed by atoms with E-state index in [-0.39, 0.29) is 11.4 Å². The summed E-state index contributed by atoms with van der Waals surface area (Å²) >= 11 is 1.24. The van der Waals surface area contributed by atoms with Crippen LogP contribution >= 0.6 is 11.3 Å². The fourth-order valence-electron chi connectivity index (χ4n) is 1.82. The maximum Gasteiger partial charge on any atom is 0.241 e. The number of rotatable bonds is 4. The topological polar surface area (TPSA) is 89.2 Å². The summed E-state index contributed by atoms with van der Waals surface area (Å²) in [4.78, 5) is 0.633. The van der Waals surface area contributed by atoms with E-state index < -0.39 is 15.8 Å². The third kappa shape index (κ3) is 2.77. The van der Waals surface area contributed by atoms with Gasteiger partial charge in [-0.3, -0.25) is 0 Å². The lowest BCUT2D eigenvalue weighted by Crippen LogP contribution is -2.24. The monoisotopic (exact) mass is 327 g/mol. The molecule has 0 saturated carbocycles. The molecule has 2 aromatic heterocycles. The average Bonchev–Trinajstić information content (AvgIpc) is 2.96. The van der Waals surface area contributed by atoms with Crippen molar-refractivity contribution in [1.29, 1.82) is 0 Å². The Balaban J connectivity index is 1.81. The van der Waals surface area contributed by atoms with Gasteiger partial charge in [0.05, 0.1) is 11.4 Å². The molecule has 1 N–H and O–H groups in total. The van der Waals surface area contributed by atoms with Crippen molar-refractivity contribution in [3.63, 3.8) is 0 Å². The van der Waals surface area contributed by atoms with E-state index in [1.807, 2.05) is 0 Å². The van der Waals surface area contributed by atoms with Gasteiger partial charge in [-0.15, -0.1) is 10.2 Å². The van der Waals surface area contributed by atoms with Gasteiger partial charge in [-0.2, -0.15) is 9.61 Å². The van der Waals surface area contributed by atoms with Crippen LogP contribution in [0.4, 0.5) is 4.39 Å². The second kappa shape index (κ2) is 5.13. The van der Waals surface area contributed by atoms with Crippen molar-refractivity contribution in [1.82, 2.24) is 24.5 Å². The summed E-state index contributed by atoms with van der Waals surface area (Å²) in [6.45, 7) is 1.58. The van der Waals surface area contributed by atoms with Crippen LogP contribution in [0.5, 0.6) is 0 Å². The number of hydrogen-bond acceptors (Lipinski definition) is 6. The van der Waals surface area contributed by atoms with E-state index in [9.17, 15) is 12.8 Å². The summed E-state index contributed by atoms with van der Waals surface area (Å²) in [6, 6.07) is 3.54. The van der Waals surface area contributed by atoms with Crippen LogP contribution in [0.25, 0.3) is 4.96 Å². The molecule has 3 rings (SSSR count). The fraction of sp³-hybridized carbons (Fsp3) is 0.182. The molecule has 3 aromatic rings. The van der Waals surface area contributed by atoms with Gasteiger partial charge in [0, 0.05) is 0 Å². The van der Waals surface area contributed by atoms with Gasteiger partial charge in [-0.1, -0.05) is 11.3 Å². The van der Waals surface area contributed by atoms with Crippen molar-refractivity contribution in [2.45, 2.75) is 18.4 Å². The SMILES string of the molecule is Cc1cc(F)ccc1S(=O)(=O)NCc1nn2cnnc2s1. The summed E-state index contributed by atoms with van der Waals surface area (Å²) in [5.74, 6) is -0.472. The van der Waals surface area contributed by atoms with Crippen LogP contribution in [-0.4, -0.2) is 28.2 Å². The summed E-state index contributed by atoms with van der Waals surface area (Å²) in [5, 5.41) is 12.2. The van der Waals surface area contributed by atoms with Crippen molar-refractivity contribution in [2.24, 2.45) is 0 Å². The third-order valence-corrected chi connectivity index (χ3v) is 5.24. The molecule has 0 bridgehead atoms. The van der Waals surface area contributed by atoms with Crippen LogP contribution in [0, 0.1) is 12.7 Å². The zero-order valence-corrected chi connectivity index (χ0v) is 12.4. The van der Waals surface area contributed by atoms with E-state index in [4.69, 9.17) is 0 Å². The molecule has 0 aliphatic carbocycles. The number of benzene rings is 1. The van der Waals surface area contributed by atoms with E-state index in [1.54, 1.807) is 6.92 Å². The van der Waals surface area contributed by atoms with Gasteiger partial charge >= 0.3 is 0 Å². The number of sulfonamides is 1. The fourth-order valence-corrected chi connectivity index (χ4v) is 3.88. The Hall–Kier alpha value is -1.91. The number of nitrogens with one attached hydrogen (secondary N) is 1. The second-order valence-corrected chi connectivity index (χ2v) is 7.06. The van der Waals surface area contributed by atoms with E-state index >= 15 is 0 Å². The number of hydrogen-bond donors (Lipinski definition) is 1. The third-order valence-electron chi connectivity index (χ3n) is 2.77. The zero-order chi connectivity index (χ0) is 15.0. The first kappa shape index (κ1) is 14.0. The standard InChI is InChI=1S/C11H10FN5O2S2/c1-7-4-8(12)2-3-9(7)21(18,19)14-5-10-16-17-6-13-15-11(17)20-10/h2-4,6,14H,5H2,1H3. The first-order valence-electron chi connectivity index (χ1n) is 5.87. The highest BCUT2D eigenvalue weighted by molar-refractivity contribution is 7.89. The van der Waals surface area contributed by atoms with Gasteiger partial charge in [0.1, 0.15) is 17.2 Å². The first-order valence-corrected chi connectivity index (χ1v) is 8.17. The molecule has 0 unspecified atom stereocenters. The van der Waals surface area contributed by atoms with Crippen LogP contribution in [0.1, 0.15) is 10.6 Å². The molecule has 21 heavy (non-hydrogen) atoms. The lowest BCUT2D eigenvalue weighted by molar-refractivity contribution is 0.579. The van der Waals surface area contributed by atoms with Gasteiger partial charge in [-0.25, -0.2) is 17.5 Å². The van der Waals surface area contributed by atoms with Gasteiger partial charge in [-0.05, 0) is 30.7 Å². The molecule has 0 radical (unpaired) electrons. The van der Waals surface area contributed by atoms with Gasteiger partial charge in [0.2, 0.25) is 15.0 Å². The first-order chi connectivity index (χ1) is 9.95. The van der Waals surface area contributed by atoms with Crippen LogP contribution in [-0.2, 0) is 16.6 Å². The van der Waals surface area contributed by atoms with Crippen LogP contribution in [0.2, 0.25) is 0 Å². The summed E-state index contributed by atoms with van der Waals surface area (Å²) < 4.78 is 41.3. The number of aryl methyl sites for hydroxylation is 1. The summed E-state index contributed by atoms with van der Waals surface area (Å²) in [5.41, 5.74) is 0.348. The highest BCUT2D eigenvalue weighted by atomic mass is 32.2. The molecule has 0 fully saturated rings. The summed E-state index contributed by atoms with van der Waals surface area (Å²) in [6.07, 6.45) is 1.44. The molecule has 1 aromatic carbocycles. The van der Waals surface area contributed by atoms with E-state index in [2.05, 4.69) is 20.0 Å². The molecular formula is C11H10FN5O2S2. The van der Waals surface area contributed by atoms with Crippen molar-refractivity contribution in [2.75, 3.05) is 0 Å². The molecule has 0 spiro atoms. The number of nitrogens with zero attached hydrogens (tertiary/aromatic N) is 4. The van der Waals surface area contributed by atoms with E-state index in [0.29, 0.717) is 15.5 Å². The minimum Gasteiger partial charge on any atom is -0.207 e. The highest BCUT2D eigenvalue weighted by Gasteiger charge is 2.18. The molecule has 7 nitrogen and oxygen atoms in total. The molecular weight excluding hydrogens is 317 g/mol. The molecule has 2 heterocycles. The van der Waals surface area contributed by atoms with Crippen molar-refractivity contribution >= 4 is 26.3 Å². The Morgan fingerprint density at radius 1 is 1.43 bits per heavy atom. The van der Waals surface area contributed by atoms with Crippen molar-refractivity contribution < 1.29 is 12.8 Å². The zero-order valence-electron chi connectivity index (χ0n) is 10.8. The maximum absolute atomic E-state index is 13.0. The second-order valence-electron chi connectivity index (χ2n) is 4.29. The molecule has 0 atom stereocenters. The Morgan fingerprint density at radius 2 is 2.24 bits per heavy atom. The maximum atomic E-state index is 13.0. The highest BCUT2D eigenvalue weighted by Crippen LogP contribution is 2.17. The molecule has 0 amide bonds. The van der Waals surface area contributed by atoms with Gasteiger partial charge in [0.15, 0.2) is 0 Å². The van der Waals surface area contributed by atoms with Crippen molar-refractivity contribution in [3.8, 4) is 0 Å². The molecule has 0 aliphatic heterocycles. The number of aromatic nitrogens is 4. The van der Waals surface area contributed by atoms with Gasteiger partial charge in [0.25, 0.3) is 0 Å². The van der Waals surface area contributed by atoms with Crippen LogP contribution in [0.15, 0.2) is 29.4 Å². The molecule has 110 valence electrons. The molecule has 0 aliphatic rings. The number of halogens is 1. The Labute approximate surface area is 123 Å². The van der Waals surface area contributed by atoms with E-state index in [1.165, 1.54) is 34.3 Å². The van der Waals surface area contributed by atoms with Crippen LogP contribution in [0.3, 0.4) is 0 Å². The van der Waals surface area contributed by atoms with Gasteiger partial charge < -0.3 is 0 Å². The number of fused-ring (bicyclic) bond motifs is 1. The molecule has 0 saturated heterocycles. The summed E-state index contributed by atoms with van der Waals surface area (Å²) in [7, 11) is -3.72. The minimum absolute atomic E-state index is 0.0349. The van der Waals surface area contributed by atoms with Crippen molar-refractivity contribution in [3.05, 3.63) is 40.9 Å². The minimum atomic E-state index is -3.72. The smallest absolute Gasteiger partial charge is 0.207 e. The van der Waals surface area contributed by atoms with E-state index in [0.717, 1.165) is 6.07 Å². The Morgan fingerprint density at radius 3 is 2.95 bits per heavy atom. The molecule has 10 heteroatoms. The lowest BCUT2D eigenvalue weighted by Gasteiger charge is -2.08. The Kier molecular flexibility index (Phi) is 3.43. The van der Waals surface area contributed by atoms with Crippen LogP contribution < -0.4 is 4.72 Å². The largest absolute Gasteiger partial charge is 0.241 e. The normalized spacial score (nSPS) is 12.1. The predicted molar refractivity (Wildman–Crippen MR) is 73.8 cm³/mol.